The summed E-state index contributed by atoms with van der Waals surface area (Å²) in [6.07, 6.45) is 1.49. The predicted molar refractivity (Wildman–Crippen MR) is 123 cm³/mol. The Morgan fingerprint density at radius 1 is 1.10 bits per heavy atom. The molecule has 6 nitrogen and oxygen atoms in total. The Labute approximate surface area is 188 Å². The Morgan fingerprint density at radius 2 is 1.87 bits per heavy atom. The van der Waals surface area contributed by atoms with Gasteiger partial charge in [0, 0.05) is 12.1 Å². The van der Waals surface area contributed by atoms with Gasteiger partial charge in [0.25, 0.3) is 0 Å². The Morgan fingerprint density at radius 3 is 2.61 bits per heavy atom. The quantitative estimate of drug-likeness (QED) is 0.352. The fraction of sp³-hybridized carbons (Fsp3) is 0.136. The molecule has 0 aliphatic heterocycles. The van der Waals surface area contributed by atoms with Crippen molar-refractivity contribution in [2.75, 3.05) is 17.7 Å². The minimum absolute atomic E-state index is 0.251. The average molecular weight is 456 g/mol. The number of rotatable bonds is 7. The molecule has 0 saturated carbocycles. The molecule has 0 amide bonds. The number of thiazole rings is 1. The first-order valence-electron chi connectivity index (χ1n) is 9.42. The molecule has 0 radical (unpaired) electrons. The van der Waals surface area contributed by atoms with Gasteiger partial charge in [-0.25, -0.2) is 14.4 Å². The first-order chi connectivity index (χ1) is 15.0. The minimum Gasteiger partial charge on any atom is -0.497 e. The van der Waals surface area contributed by atoms with Crippen LogP contribution in [0.1, 0.15) is 11.3 Å². The number of nitrogens with zero attached hydrogens (tertiary/aromatic N) is 3. The third-order valence-corrected chi connectivity index (χ3v) is 5.91. The largest absolute Gasteiger partial charge is 0.497 e. The lowest BCUT2D eigenvalue weighted by Gasteiger charge is -2.09. The summed E-state index contributed by atoms with van der Waals surface area (Å²) in [6.45, 7) is 2.20. The minimum atomic E-state index is -0.289. The molecule has 0 aliphatic carbocycles. The zero-order valence-corrected chi connectivity index (χ0v) is 18.4. The Kier molecular flexibility index (Phi) is 6.29. The van der Waals surface area contributed by atoms with Crippen LogP contribution < -0.4 is 15.4 Å². The number of benzene rings is 2. The van der Waals surface area contributed by atoms with Crippen LogP contribution in [0, 0.1) is 12.7 Å². The van der Waals surface area contributed by atoms with Gasteiger partial charge in [-0.1, -0.05) is 41.1 Å². The maximum atomic E-state index is 13.9. The summed E-state index contributed by atoms with van der Waals surface area (Å²) in [5.41, 5.74) is 2.46. The summed E-state index contributed by atoms with van der Waals surface area (Å²) >= 11 is 7.70. The predicted octanol–water partition coefficient (Wildman–Crippen LogP) is 6.07. The van der Waals surface area contributed by atoms with Gasteiger partial charge in [0.1, 0.15) is 16.6 Å². The molecule has 0 atom stereocenters. The van der Waals surface area contributed by atoms with E-state index in [1.165, 1.54) is 23.6 Å². The summed E-state index contributed by atoms with van der Waals surface area (Å²) in [4.78, 5) is 14.2. The molecule has 2 aromatic heterocycles. The van der Waals surface area contributed by atoms with Gasteiger partial charge in [-0.2, -0.15) is 4.98 Å². The lowest BCUT2D eigenvalue weighted by Crippen LogP contribution is -2.06. The fourth-order valence-corrected chi connectivity index (χ4v) is 4.05. The number of hydrogen-bond donors (Lipinski definition) is 2. The number of hydrogen-bond acceptors (Lipinski definition) is 7. The second-order valence-electron chi connectivity index (χ2n) is 6.62. The van der Waals surface area contributed by atoms with E-state index in [9.17, 15) is 4.39 Å². The van der Waals surface area contributed by atoms with Crippen LogP contribution in [-0.2, 0) is 6.54 Å². The summed E-state index contributed by atoms with van der Waals surface area (Å²) in [5, 5.41) is 7.18. The molecule has 2 heterocycles. The monoisotopic (exact) mass is 455 g/mol. The van der Waals surface area contributed by atoms with Crippen LogP contribution in [0.5, 0.6) is 5.75 Å². The molecule has 0 bridgehead atoms. The standard InChI is InChI=1S/C22H19ClFN5OS/c1-13-19(14-7-9-16(30-2)10-8-14)31-22(27-13)29-21-26-12-17(23)20(28-21)25-11-15-5-3-4-6-18(15)24/h3-10,12H,11H2,1-2H3,(H2,25,26,27,28,29). The van der Waals surface area contributed by atoms with E-state index < -0.39 is 0 Å². The molecule has 158 valence electrons. The van der Waals surface area contributed by atoms with Gasteiger partial charge in [-0.05, 0) is 42.8 Å². The number of halogens is 2. The third kappa shape index (κ3) is 4.92. The topological polar surface area (TPSA) is 72.0 Å². The Bertz CT molecular complexity index is 1200. The zero-order chi connectivity index (χ0) is 21.8. The number of nitrogens with one attached hydrogen (secondary N) is 2. The Hall–Kier alpha value is -3.23. The van der Waals surface area contributed by atoms with E-state index in [1.54, 1.807) is 25.3 Å². The molecule has 0 spiro atoms. The molecule has 4 rings (SSSR count). The van der Waals surface area contributed by atoms with Crippen molar-refractivity contribution in [2.24, 2.45) is 0 Å². The van der Waals surface area contributed by atoms with Crippen LogP contribution >= 0.6 is 22.9 Å². The molecule has 9 heteroatoms. The number of aryl methyl sites for hydroxylation is 1. The molecule has 4 aromatic rings. The zero-order valence-electron chi connectivity index (χ0n) is 16.8. The van der Waals surface area contributed by atoms with Gasteiger partial charge in [0.15, 0.2) is 10.9 Å². The number of ether oxygens (including phenoxy) is 1. The lowest BCUT2D eigenvalue weighted by atomic mass is 10.1. The third-order valence-electron chi connectivity index (χ3n) is 4.52. The van der Waals surface area contributed by atoms with Gasteiger partial charge in [-0.3, -0.25) is 5.32 Å². The second-order valence-corrected chi connectivity index (χ2v) is 8.03. The van der Waals surface area contributed by atoms with Crippen LogP contribution in [0.15, 0.2) is 54.7 Å². The van der Waals surface area contributed by atoms with E-state index in [4.69, 9.17) is 16.3 Å². The first-order valence-corrected chi connectivity index (χ1v) is 10.6. The molecule has 2 aromatic carbocycles. The highest BCUT2D eigenvalue weighted by atomic mass is 35.5. The Balaban J connectivity index is 1.50. The van der Waals surface area contributed by atoms with Crippen molar-refractivity contribution < 1.29 is 9.13 Å². The number of aromatic nitrogens is 3. The lowest BCUT2D eigenvalue weighted by molar-refractivity contribution is 0.415. The molecular formula is C22H19ClFN5OS. The van der Waals surface area contributed by atoms with Crippen LogP contribution in [-0.4, -0.2) is 22.1 Å². The maximum absolute atomic E-state index is 13.9. The fourth-order valence-electron chi connectivity index (χ4n) is 2.93. The SMILES string of the molecule is COc1ccc(-c2sc(Nc3ncc(Cl)c(NCc4ccccc4F)n3)nc2C)cc1. The van der Waals surface area contributed by atoms with Gasteiger partial charge >= 0.3 is 0 Å². The van der Waals surface area contributed by atoms with Gasteiger partial charge in [-0.15, -0.1) is 0 Å². The normalized spacial score (nSPS) is 10.7. The molecule has 0 saturated heterocycles. The van der Waals surface area contributed by atoms with E-state index in [0.717, 1.165) is 21.9 Å². The first kappa shape index (κ1) is 21.0. The highest BCUT2D eigenvalue weighted by molar-refractivity contribution is 7.19. The molecule has 0 fully saturated rings. The molecule has 31 heavy (non-hydrogen) atoms. The number of anilines is 3. The van der Waals surface area contributed by atoms with Crippen molar-refractivity contribution in [3.8, 4) is 16.2 Å². The van der Waals surface area contributed by atoms with E-state index in [-0.39, 0.29) is 12.4 Å². The maximum Gasteiger partial charge on any atom is 0.231 e. The van der Waals surface area contributed by atoms with Crippen molar-refractivity contribution in [1.82, 2.24) is 15.0 Å². The van der Waals surface area contributed by atoms with E-state index in [1.807, 2.05) is 31.2 Å². The van der Waals surface area contributed by atoms with E-state index in [2.05, 4.69) is 25.6 Å². The van der Waals surface area contributed by atoms with E-state index in [0.29, 0.717) is 27.5 Å². The molecular weight excluding hydrogens is 437 g/mol. The number of methoxy groups -OCH3 is 1. The summed E-state index contributed by atoms with van der Waals surface area (Å²) in [5.74, 6) is 1.26. The highest BCUT2D eigenvalue weighted by Gasteiger charge is 2.13. The van der Waals surface area contributed by atoms with Crippen LogP contribution in [0.4, 0.5) is 21.3 Å². The van der Waals surface area contributed by atoms with Gasteiger partial charge in [0.2, 0.25) is 5.95 Å². The van der Waals surface area contributed by atoms with E-state index >= 15 is 0 Å². The average Bonchev–Trinajstić information content (AvgIpc) is 3.15. The second kappa shape index (κ2) is 9.28. The molecule has 0 unspecified atom stereocenters. The highest BCUT2D eigenvalue weighted by Crippen LogP contribution is 2.34. The molecule has 0 aliphatic rings. The molecule has 2 N–H and O–H groups in total. The van der Waals surface area contributed by atoms with Crippen LogP contribution in [0.3, 0.4) is 0 Å². The van der Waals surface area contributed by atoms with Crippen molar-refractivity contribution in [3.05, 3.63) is 76.8 Å². The summed E-state index contributed by atoms with van der Waals surface area (Å²) in [7, 11) is 1.64. The van der Waals surface area contributed by atoms with Crippen molar-refractivity contribution in [3.63, 3.8) is 0 Å². The smallest absolute Gasteiger partial charge is 0.231 e. The summed E-state index contributed by atoms with van der Waals surface area (Å²) in [6, 6.07) is 14.4. The van der Waals surface area contributed by atoms with Crippen LogP contribution in [0.2, 0.25) is 5.02 Å². The van der Waals surface area contributed by atoms with Crippen molar-refractivity contribution in [2.45, 2.75) is 13.5 Å². The van der Waals surface area contributed by atoms with Crippen LogP contribution in [0.25, 0.3) is 10.4 Å². The van der Waals surface area contributed by atoms with Gasteiger partial charge < -0.3 is 10.1 Å². The summed E-state index contributed by atoms with van der Waals surface area (Å²) < 4.78 is 19.1. The van der Waals surface area contributed by atoms with Crippen molar-refractivity contribution in [1.29, 1.82) is 0 Å². The van der Waals surface area contributed by atoms with Crippen molar-refractivity contribution >= 4 is 39.8 Å². The van der Waals surface area contributed by atoms with Gasteiger partial charge in [0.05, 0.1) is 23.9 Å².